The van der Waals surface area contributed by atoms with Crippen LogP contribution in [0.1, 0.15) is 25.8 Å². The fourth-order valence-electron chi connectivity index (χ4n) is 2.92. The summed E-state index contributed by atoms with van der Waals surface area (Å²) in [6, 6.07) is 5.88. The van der Waals surface area contributed by atoms with Gasteiger partial charge < -0.3 is 19.1 Å². The minimum Gasteiger partial charge on any atom is -0.454 e. The quantitative estimate of drug-likeness (QED) is 0.838. The minimum atomic E-state index is 0.00719. The Morgan fingerprint density at radius 3 is 2.86 bits per heavy atom. The molecule has 1 aromatic carbocycles. The number of benzene rings is 1. The second kappa shape index (κ2) is 6.57. The normalized spacial score (nSPS) is 19.7. The van der Waals surface area contributed by atoms with Crippen molar-refractivity contribution in [1.82, 2.24) is 4.90 Å². The predicted octanol–water partition coefficient (Wildman–Crippen LogP) is 2.44. The molecule has 0 saturated carbocycles. The van der Waals surface area contributed by atoms with Crippen LogP contribution in [0.2, 0.25) is 0 Å². The van der Waals surface area contributed by atoms with Gasteiger partial charge in [0.25, 0.3) is 0 Å². The SMILES string of the molecule is CC(C)CN(Cc1ccc2c(c1)OCO2)C(=O)[C@@H]1CCOC1. The van der Waals surface area contributed by atoms with Crippen LogP contribution < -0.4 is 9.47 Å². The van der Waals surface area contributed by atoms with Crippen molar-refractivity contribution in [1.29, 1.82) is 0 Å². The number of carbonyl (C=O) groups is 1. The highest BCUT2D eigenvalue weighted by molar-refractivity contribution is 5.79. The van der Waals surface area contributed by atoms with Crippen molar-refractivity contribution in [2.75, 3.05) is 26.6 Å². The van der Waals surface area contributed by atoms with E-state index in [1.54, 1.807) is 0 Å². The highest BCUT2D eigenvalue weighted by Crippen LogP contribution is 2.33. The first-order valence-corrected chi connectivity index (χ1v) is 7.88. The average molecular weight is 305 g/mol. The third-order valence-electron chi connectivity index (χ3n) is 3.99. The van der Waals surface area contributed by atoms with Crippen molar-refractivity contribution in [3.63, 3.8) is 0 Å². The van der Waals surface area contributed by atoms with Crippen LogP contribution in [0.15, 0.2) is 18.2 Å². The van der Waals surface area contributed by atoms with E-state index in [4.69, 9.17) is 14.2 Å². The number of carbonyl (C=O) groups excluding carboxylic acids is 1. The molecule has 1 amide bonds. The van der Waals surface area contributed by atoms with Gasteiger partial charge in [-0.05, 0) is 30.0 Å². The standard InChI is InChI=1S/C17H23NO4/c1-12(2)8-18(17(19)14-5-6-20-10-14)9-13-3-4-15-16(7-13)22-11-21-15/h3-4,7,12,14H,5-6,8-11H2,1-2H3/t14-/m1/s1. The summed E-state index contributed by atoms with van der Waals surface area (Å²) in [5, 5.41) is 0. The van der Waals surface area contributed by atoms with Gasteiger partial charge in [0, 0.05) is 19.7 Å². The Morgan fingerprint density at radius 2 is 2.14 bits per heavy atom. The molecule has 2 heterocycles. The summed E-state index contributed by atoms with van der Waals surface area (Å²) < 4.78 is 16.1. The van der Waals surface area contributed by atoms with E-state index in [2.05, 4.69) is 13.8 Å². The summed E-state index contributed by atoms with van der Waals surface area (Å²) in [4.78, 5) is 14.7. The van der Waals surface area contributed by atoms with Gasteiger partial charge in [0.2, 0.25) is 12.7 Å². The Kier molecular flexibility index (Phi) is 4.52. The fourth-order valence-corrected chi connectivity index (χ4v) is 2.92. The Bertz CT molecular complexity index is 537. The second-order valence-electron chi connectivity index (χ2n) is 6.36. The van der Waals surface area contributed by atoms with Crippen LogP contribution in [0.3, 0.4) is 0 Å². The van der Waals surface area contributed by atoms with Gasteiger partial charge in [0.05, 0.1) is 12.5 Å². The van der Waals surface area contributed by atoms with Gasteiger partial charge in [0.1, 0.15) is 0 Å². The van der Waals surface area contributed by atoms with Crippen molar-refractivity contribution in [2.24, 2.45) is 11.8 Å². The summed E-state index contributed by atoms with van der Waals surface area (Å²) in [7, 11) is 0. The molecule has 1 atom stereocenters. The monoisotopic (exact) mass is 305 g/mol. The average Bonchev–Trinajstić information content (AvgIpc) is 3.16. The zero-order valence-corrected chi connectivity index (χ0v) is 13.2. The molecule has 0 spiro atoms. The first kappa shape index (κ1) is 15.2. The summed E-state index contributed by atoms with van der Waals surface area (Å²) in [5.41, 5.74) is 1.07. The zero-order chi connectivity index (χ0) is 15.5. The van der Waals surface area contributed by atoms with Crippen LogP contribution in [0.5, 0.6) is 11.5 Å². The summed E-state index contributed by atoms with van der Waals surface area (Å²) >= 11 is 0. The Hall–Kier alpha value is -1.75. The number of rotatable bonds is 5. The third kappa shape index (κ3) is 3.35. The number of hydrogen-bond acceptors (Lipinski definition) is 4. The second-order valence-corrected chi connectivity index (χ2v) is 6.36. The highest BCUT2D eigenvalue weighted by Gasteiger charge is 2.28. The van der Waals surface area contributed by atoms with E-state index in [1.165, 1.54) is 0 Å². The molecule has 5 nitrogen and oxygen atoms in total. The third-order valence-corrected chi connectivity index (χ3v) is 3.99. The lowest BCUT2D eigenvalue weighted by molar-refractivity contribution is -0.136. The van der Waals surface area contributed by atoms with E-state index in [1.807, 2.05) is 23.1 Å². The van der Waals surface area contributed by atoms with Gasteiger partial charge in [-0.3, -0.25) is 4.79 Å². The number of hydrogen-bond donors (Lipinski definition) is 0. The van der Waals surface area contributed by atoms with Crippen LogP contribution in [-0.2, 0) is 16.1 Å². The predicted molar refractivity (Wildman–Crippen MR) is 81.7 cm³/mol. The summed E-state index contributed by atoms with van der Waals surface area (Å²) in [6.45, 7) is 7.13. The molecule has 0 bridgehead atoms. The van der Waals surface area contributed by atoms with E-state index in [0.29, 0.717) is 25.7 Å². The van der Waals surface area contributed by atoms with Crippen LogP contribution in [-0.4, -0.2) is 37.4 Å². The molecule has 2 aliphatic heterocycles. The lowest BCUT2D eigenvalue weighted by atomic mass is 10.1. The molecule has 0 radical (unpaired) electrons. The van der Waals surface area contributed by atoms with Gasteiger partial charge in [-0.2, -0.15) is 0 Å². The molecule has 5 heteroatoms. The first-order chi connectivity index (χ1) is 10.6. The molecular weight excluding hydrogens is 282 g/mol. The summed E-state index contributed by atoms with van der Waals surface area (Å²) in [5.74, 6) is 2.17. The smallest absolute Gasteiger partial charge is 0.231 e. The van der Waals surface area contributed by atoms with E-state index in [9.17, 15) is 4.79 Å². The van der Waals surface area contributed by atoms with Gasteiger partial charge in [0.15, 0.2) is 11.5 Å². The van der Waals surface area contributed by atoms with Crippen molar-refractivity contribution < 1.29 is 19.0 Å². The fraction of sp³-hybridized carbons (Fsp3) is 0.588. The van der Waals surface area contributed by atoms with Crippen LogP contribution >= 0.6 is 0 Å². The van der Waals surface area contributed by atoms with E-state index in [0.717, 1.165) is 30.0 Å². The first-order valence-electron chi connectivity index (χ1n) is 7.88. The van der Waals surface area contributed by atoms with Gasteiger partial charge >= 0.3 is 0 Å². The molecule has 3 rings (SSSR count). The van der Waals surface area contributed by atoms with Crippen LogP contribution in [0.25, 0.3) is 0 Å². The molecule has 22 heavy (non-hydrogen) atoms. The molecule has 0 N–H and O–H groups in total. The van der Waals surface area contributed by atoms with E-state index < -0.39 is 0 Å². The Labute approximate surface area is 131 Å². The molecule has 1 aromatic rings. The Morgan fingerprint density at radius 1 is 1.32 bits per heavy atom. The van der Waals surface area contributed by atoms with Crippen molar-refractivity contribution in [3.05, 3.63) is 23.8 Å². The maximum absolute atomic E-state index is 12.7. The molecule has 2 aliphatic rings. The molecule has 0 aliphatic carbocycles. The maximum Gasteiger partial charge on any atom is 0.231 e. The largest absolute Gasteiger partial charge is 0.454 e. The van der Waals surface area contributed by atoms with Gasteiger partial charge in [-0.1, -0.05) is 19.9 Å². The minimum absolute atomic E-state index is 0.00719. The van der Waals surface area contributed by atoms with E-state index in [-0.39, 0.29) is 18.6 Å². The molecule has 0 unspecified atom stereocenters. The van der Waals surface area contributed by atoms with Gasteiger partial charge in [-0.15, -0.1) is 0 Å². The molecule has 120 valence electrons. The van der Waals surface area contributed by atoms with E-state index >= 15 is 0 Å². The Balaban J connectivity index is 1.73. The number of amides is 1. The zero-order valence-electron chi connectivity index (χ0n) is 13.2. The topological polar surface area (TPSA) is 48.0 Å². The number of fused-ring (bicyclic) bond motifs is 1. The summed E-state index contributed by atoms with van der Waals surface area (Å²) in [6.07, 6.45) is 0.828. The lowest BCUT2D eigenvalue weighted by Gasteiger charge is -2.27. The van der Waals surface area contributed by atoms with Crippen molar-refractivity contribution in [2.45, 2.75) is 26.8 Å². The van der Waals surface area contributed by atoms with Crippen LogP contribution in [0.4, 0.5) is 0 Å². The molecular formula is C17H23NO4. The number of nitrogens with zero attached hydrogens (tertiary/aromatic N) is 1. The molecule has 0 aromatic heterocycles. The highest BCUT2D eigenvalue weighted by atomic mass is 16.7. The van der Waals surface area contributed by atoms with Crippen LogP contribution in [0, 0.1) is 11.8 Å². The maximum atomic E-state index is 12.7. The molecule has 1 fully saturated rings. The van der Waals surface area contributed by atoms with Crippen molar-refractivity contribution >= 4 is 5.91 Å². The molecule has 1 saturated heterocycles. The van der Waals surface area contributed by atoms with Gasteiger partial charge in [-0.25, -0.2) is 0 Å². The number of ether oxygens (including phenoxy) is 3. The van der Waals surface area contributed by atoms with Crippen molar-refractivity contribution in [3.8, 4) is 11.5 Å². The lowest BCUT2D eigenvalue weighted by Crippen LogP contribution is -2.38.